The first-order valence-electron chi connectivity index (χ1n) is 6.79. The average molecular weight is 354 g/mol. The molecule has 0 radical (unpaired) electrons. The Balaban J connectivity index is 2.16. The highest BCUT2D eigenvalue weighted by Gasteiger charge is 2.32. The molecule has 0 saturated heterocycles. The molecule has 0 saturated carbocycles. The number of halogens is 2. The van der Waals surface area contributed by atoms with Crippen LogP contribution in [0.25, 0.3) is 5.69 Å². The zero-order valence-corrected chi connectivity index (χ0v) is 14.0. The first-order valence-corrected chi connectivity index (χ1v) is 7.96. The van der Waals surface area contributed by atoms with E-state index >= 15 is 0 Å². The Morgan fingerprint density at radius 3 is 2.85 bits per heavy atom. The van der Waals surface area contributed by atoms with Gasteiger partial charge in [0.05, 0.1) is 15.2 Å². The number of aromatic nitrogens is 1. The van der Waals surface area contributed by atoms with E-state index in [1.165, 1.54) is 11.3 Å². The van der Waals surface area contributed by atoms with Crippen LogP contribution in [0.3, 0.4) is 0 Å². The summed E-state index contributed by atoms with van der Waals surface area (Å²) in [6.45, 7) is 4.56. The second kappa shape index (κ2) is 4.90. The van der Waals surface area contributed by atoms with Gasteiger partial charge in [0.25, 0.3) is 0 Å². The van der Waals surface area contributed by atoms with Gasteiger partial charge in [0, 0.05) is 17.9 Å². The minimum Gasteiger partial charge on any atom is -0.324 e. The van der Waals surface area contributed by atoms with Crippen LogP contribution in [-0.4, -0.2) is 4.57 Å². The van der Waals surface area contributed by atoms with Gasteiger partial charge in [-0.1, -0.05) is 31.5 Å². The Hall–Kier alpha value is -0.770. The van der Waals surface area contributed by atoms with E-state index in [9.17, 15) is 0 Å². The monoisotopic (exact) mass is 352 g/mol. The lowest BCUT2D eigenvalue weighted by Crippen LogP contribution is -2.30. The number of benzene rings is 1. The van der Waals surface area contributed by atoms with Crippen LogP contribution in [0, 0.1) is 5.41 Å². The molecule has 106 valence electrons. The molecule has 0 amide bonds. The standard InChI is InChI=1S/C16H18BrClN2/c1-16(2)8-12(19)10-6-7-20(14(10)9-16)13-5-3-4-11(18)15(13)17/h3-7,12H,8-9,19H2,1-2H3. The lowest BCUT2D eigenvalue weighted by Gasteiger charge is -2.34. The molecule has 0 spiro atoms. The van der Waals surface area contributed by atoms with Crippen LogP contribution in [0.1, 0.15) is 37.6 Å². The molecule has 3 rings (SSSR count). The summed E-state index contributed by atoms with van der Waals surface area (Å²) in [5.74, 6) is 0. The number of nitrogens with zero attached hydrogens (tertiary/aromatic N) is 1. The van der Waals surface area contributed by atoms with E-state index in [1.54, 1.807) is 0 Å². The summed E-state index contributed by atoms with van der Waals surface area (Å²) in [5, 5.41) is 0.726. The van der Waals surface area contributed by atoms with Crippen LogP contribution in [0.2, 0.25) is 5.02 Å². The number of hydrogen-bond donors (Lipinski definition) is 1. The van der Waals surface area contributed by atoms with E-state index < -0.39 is 0 Å². The minimum atomic E-state index is 0.118. The van der Waals surface area contributed by atoms with Gasteiger partial charge in [0.1, 0.15) is 0 Å². The van der Waals surface area contributed by atoms with Gasteiger partial charge in [-0.05, 0) is 57.9 Å². The predicted octanol–water partition coefficient (Wildman–Crippen LogP) is 4.87. The fourth-order valence-electron chi connectivity index (χ4n) is 3.14. The summed E-state index contributed by atoms with van der Waals surface area (Å²) in [7, 11) is 0. The van der Waals surface area contributed by atoms with E-state index in [-0.39, 0.29) is 11.5 Å². The summed E-state index contributed by atoms with van der Waals surface area (Å²) in [6.07, 6.45) is 4.16. The van der Waals surface area contributed by atoms with Crippen LogP contribution >= 0.6 is 27.5 Å². The zero-order valence-electron chi connectivity index (χ0n) is 11.7. The first kappa shape index (κ1) is 14.2. The van der Waals surface area contributed by atoms with Crippen LogP contribution in [0.5, 0.6) is 0 Å². The third-order valence-corrected chi connectivity index (χ3v) is 5.41. The van der Waals surface area contributed by atoms with Crippen LogP contribution in [0.4, 0.5) is 0 Å². The Kier molecular flexibility index (Phi) is 3.47. The highest BCUT2D eigenvalue weighted by molar-refractivity contribution is 9.10. The third kappa shape index (κ3) is 2.32. The van der Waals surface area contributed by atoms with Gasteiger partial charge in [-0.15, -0.1) is 0 Å². The van der Waals surface area contributed by atoms with Crippen molar-refractivity contribution in [3.8, 4) is 5.69 Å². The molecule has 1 atom stereocenters. The minimum absolute atomic E-state index is 0.118. The highest BCUT2D eigenvalue weighted by Crippen LogP contribution is 2.41. The number of hydrogen-bond acceptors (Lipinski definition) is 1. The molecule has 20 heavy (non-hydrogen) atoms. The molecule has 2 aromatic rings. The number of rotatable bonds is 1. The van der Waals surface area contributed by atoms with Crippen molar-refractivity contribution in [1.82, 2.24) is 4.57 Å². The van der Waals surface area contributed by atoms with Crippen molar-refractivity contribution in [3.05, 3.63) is 51.2 Å². The van der Waals surface area contributed by atoms with Gasteiger partial charge in [-0.25, -0.2) is 0 Å². The molecule has 2 nitrogen and oxygen atoms in total. The van der Waals surface area contributed by atoms with Crippen molar-refractivity contribution in [2.45, 2.75) is 32.7 Å². The number of fused-ring (bicyclic) bond motifs is 1. The fourth-order valence-corrected chi connectivity index (χ4v) is 3.76. The van der Waals surface area contributed by atoms with Crippen molar-refractivity contribution >= 4 is 27.5 Å². The summed E-state index contributed by atoms with van der Waals surface area (Å²) in [6, 6.07) is 8.20. The molecule has 1 heterocycles. The van der Waals surface area contributed by atoms with Crippen molar-refractivity contribution in [1.29, 1.82) is 0 Å². The van der Waals surface area contributed by atoms with Crippen LogP contribution in [-0.2, 0) is 6.42 Å². The maximum atomic E-state index is 6.33. The third-order valence-electron chi connectivity index (χ3n) is 4.04. The summed E-state index contributed by atoms with van der Waals surface area (Å²) >= 11 is 9.80. The predicted molar refractivity (Wildman–Crippen MR) is 87.5 cm³/mol. The van der Waals surface area contributed by atoms with Gasteiger partial charge in [0.15, 0.2) is 0 Å². The SMILES string of the molecule is CC1(C)Cc2c(ccn2-c2cccc(Cl)c2Br)C(N)C1. The topological polar surface area (TPSA) is 30.9 Å². The zero-order chi connectivity index (χ0) is 14.5. The van der Waals surface area contributed by atoms with Gasteiger partial charge in [0.2, 0.25) is 0 Å². The second-order valence-electron chi connectivity index (χ2n) is 6.31. The first-order chi connectivity index (χ1) is 9.39. The molecule has 1 aliphatic rings. The summed E-state index contributed by atoms with van der Waals surface area (Å²) in [5.41, 5.74) is 10.2. The largest absolute Gasteiger partial charge is 0.324 e. The van der Waals surface area contributed by atoms with E-state index in [1.807, 2.05) is 12.1 Å². The van der Waals surface area contributed by atoms with Crippen LogP contribution in [0.15, 0.2) is 34.9 Å². The maximum Gasteiger partial charge on any atom is 0.0609 e. The second-order valence-corrected chi connectivity index (χ2v) is 7.51. The number of nitrogens with two attached hydrogens (primary N) is 1. The van der Waals surface area contributed by atoms with Crippen molar-refractivity contribution < 1.29 is 0 Å². The highest BCUT2D eigenvalue weighted by atomic mass is 79.9. The molecule has 0 bridgehead atoms. The molecule has 0 aliphatic heterocycles. The smallest absolute Gasteiger partial charge is 0.0609 e. The maximum absolute atomic E-state index is 6.33. The molecule has 1 aromatic heterocycles. The Morgan fingerprint density at radius 1 is 1.35 bits per heavy atom. The summed E-state index contributed by atoms with van der Waals surface area (Å²) < 4.78 is 3.14. The van der Waals surface area contributed by atoms with Gasteiger partial charge in [-0.2, -0.15) is 0 Å². The lowest BCUT2D eigenvalue weighted by atomic mass is 9.74. The van der Waals surface area contributed by atoms with Gasteiger partial charge in [-0.3, -0.25) is 0 Å². The van der Waals surface area contributed by atoms with E-state index in [2.05, 4.69) is 52.7 Å². The van der Waals surface area contributed by atoms with E-state index in [4.69, 9.17) is 17.3 Å². The molecule has 2 N–H and O–H groups in total. The van der Waals surface area contributed by atoms with Crippen molar-refractivity contribution in [3.63, 3.8) is 0 Å². The average Bonchev–Trinajstić information content (AvgIpc) is 2.75. The van der Waals surface area contributed by atoms with Crippen molar-refractivity contribution in [2.75, 3.05) is 0 Å². The Bertz CT molecular complexity index is 660. The van der Waals surface area contributed by atoms with Crippen LogP contribution < -0.4 is 5.73 Å². The molecule has 1 aliphatic carbocycles. The molecule has 1 unspecified atom stereocenters. The molecule has 0 fully saturated rings. The van der Waals surface area contributed by atoms with E-state index in [0.29, 0.717) is 0 Å². The molecular formula is C16H18BrClN2. The molecular weight excluding hydrogens is 336 g/mol. The van der Waals surface area contributed by atoms with Gasteiger partial charge >= 0.3 is 0 Å². The van der Waals surface area contributed by atoms with Gasteiger partial charge < -0.3 is 10.3 Å². The lowest BCUT2D eigenvalue weighted by molar-refractivity contribution is 0.278. The quantitative estimate of drug-likeness (QED) is 0.779. The Morgan fingerprint density at radius 2 is 2.10 bits per heavy atom. The Labute approximate surface area is 133 Å². The normalized spacial score (nSPS) is 20.8. The fraction of sp³-hybridized carbons (Fsp3) is 0.375. The molecule has 4 heteroatoms. The van der Waals surface area contributed by atoms with E-state index in [0.717, 1.165) is 28.0 Å². The summed E-state index contributed by atoms with van der Waals surface area (Å²) in [4.78, 5) is 0. The molecule has 1 aromatic carbocycles. The van der Waals surface area contributed by atoms with Crippen molar-refractivity contribution in [2.24, 2.45) is 11.1 Å².